The van der Waals surface area contributed by atoms with E-state index in [-0.39, 0.29) is 11.3 Å². The van der Waals surface area contributed by atoms with E-state index in [9.17, 15) is 0 Å². The third-order valence-electron chi connectivity index (χ3n) is 1.47. The first kappa shape index (κ1) is 4.12. The summed E-state index contributed by atoms with van der Waals surface area (Å²) in [6.45, 7) is -5.11. The van der Waals surface area contributed by atoms with Gasteiger partial charge in [0.2, 0.25) is 0 Å². The molecule has 1 atom stereocenters. The van der Waals surface area contributed by atoms with Gasteiger partial charge in [0.05, 0.1) is 19.0 Å². The fraction of sp³-hybridized carbons (Fsp3) is 0.300. The highest BCUT2D eigenvalue weighted by atomic mass is 16.6. The van der Waals surface area contributed by atoms with Gasteiger partial charge in [-0.1, -0.05) is 12.1 Å². The number of nitrogens with zero attached hydrogens (tertiary/aromatic N) is 1. The molecule has 0 bridgehead atoms. The van der Waals surface area contributed by atoms with Gasteiger partial charge in [-0.2, -0.15) is 5.26 Å². The standard InChI is InChI=1S/C10H9NO2/c11-5-8-3-1-2-4-10(8)13-7-9-6-12-9/h1-4,9H,6-7H2/i6D2,7D2,9D. The van der Waals surface area contributed by atoms with Crippen molar-refractivity contribution in [2.24, 2.45) is 0 Å². The topological polar surface area (TPSA) is 45.5 Å². The first-order valence-corrected chi connectivity index (χ1v) is 3.62. The highest BCUT2D eigenvalue weighted by Crippen LogP contribution is 2.18. The molecule has 3 heteroatoms. The molecular formula is C10H9NO2. The molecule has 1 aliphatic rings. The van der Waals surface area contributed by atoms with E-state index in [1.54, 1.807) is 12.1 Å². The largest absolute Gasteiger partial charge is 0.489 e. The third kappa shape index (κ3) is 1.98. The Morgan fingerprint density at radius 3 is 3.31 bits per heavy atom. The Kier molecular flexibility index (Phi) is 1.10. The van der Waals surface area contributed by atoms with Crippen molar-refractivity contribution in [1.29, 1.82) is 5.26 Å². The van der Waals surface area contributed by atoms with Crippen LogP contribution in [0.1, 0.15) is 12.4 Å². The van der Waals surface area contributed by atoms with E-state index in [2.05, 4.69) is 4.74 Å². The molecule has 0 N–H and O–H groups in total. The lowest BCUT2D eigenvalue weighted by atomic mass is 10.2. The maximum absolute atomic E-state index is 8.83. The van der Waals surface area contributed by atoms with Crippen LogP contribution in [0.25, 0.3) is 0 Å². The quantitative estimate of drug-likeness (QED) is 0.659. The lowest BCUT2D eigenvalue weighted by Crippen LogP contribution is -2.04. The average molecular weight is 180 g/mol. The summed E-state index contributed by atoms with van der Waals surface area (Å²) in [4.78, 5) is 0. The minimum absolute atomic E-state index is 0.0528. The molecule has 3 nitrogen and oxygen atoms in total. The van der Waals surface area contributed by atoms with Crippen LogP contribution in [-0.4, -0.2) is 19.2 Å². The molecule has 1 heterocycles. The molecule has 0 aliphatic carbocycles. The molecule has 1 aromatic carbocycles. The molecule has 2 rings (SSSR count). The maximum atomic E-state index is 8.83. The molecule has 1 aliphatic heterocycles. The van der Waals surface area contributed by atoms with E-state index < -0.39 is 19.2 Å². The van der Waals surface area contributed by atoms with Crippen molar-refractivity contribution in [3.63, 3.8) is 0 Å². The minimum atomic E-state index is -2.70. The van der Waals surface area contributed by atoms with Crippen molar-refractivity contribution >= 4 is 0 Å². The summed E-state index contributed by atoms with van der Waals surface area (Å²) in [6, 6.07) is 7.77. The van der Waals surface area contributed by atoms with E-state index in [1.165, 1.54) is 12.1 Å². The normalized spacial score (nSPS) is 35.5. The number of nitriles is 1. The Balaban J connectivity index is 2.27. The maximum Gasteiger partial charge on any atom is 0.137 e. The molecule has 0 amide bonds. The zero-order valence-corrected chi connectivity index (χ0v) is 6.57. The Hall–Kier alpha value is -1.53. The predicted molar refractivity (Wildman–Crippen MR) is 46.4 cm³/mol. The number of hydrogen-bond donors (Lipinski definition) is 0. The molecule has 13 heavy (non-hydrogen) atoms. The van der Waals surface area contributed by atoms with Crippen LogP contribution in [-0.2, 0) is 4.74 Å². The number of epoxide rings is 1. The molecule has 1 saturated heterocycles. The Morgan fingerprint density at radius 1 is 1.85 bits per heavy atom. The molecule has 0 radical (unpaired) electrons. The first-order valence-electron chi connectivity index (χ1n) is 6.12. The van der Waals surface area contributed by atoms with Crippen molar-refractivity contribution in [3.8, 4) is 11.8 Å². The first-order chi connectivity index (χ1) is 8.23. The van der Waals surface area contributed by atoms with Gasteiger partial charge in [0.15, 0.2) is 0 Å². The Labute approximate surface area is 83.5 Å². The van der Waals surface area contributed by atoms with Crippen molar-refractivity contribution in [1.82, 2.24) is 0 Å². The summed E-state index contributed by atoms with van der Waals surface area (Å²) >= 11 is 0. The molecule has 0 spiro atoms. The van der Waals surface area contributed by atoms with Crippen LogP contribution in [0.4, 0.5) is 0 Å². The Bertz CT molecular complexity index is 527. The van der Waals surface area contributed by atoms with Crippen molar-refractivity contribution in [2.75, 3.05) is 13.1 Å². The number of rotatable bonds is 3. The third-order valence-corrected chi connectivity index (χ3v) is 1.47. The van der Waals surface area contributed by atoms with Gasteiger partial charge in [-0.25, -0.2) is 0 Å². The zero-order valence-electron chi connectivity index (χ0n) is 11.6. The highest BCUT2D eigenvalue weighted by Gasteiger charge is 2.23. The van der Waals surface area contributed by atoms with Gasteiger partial charge in [-0.15, -0.1) is 0 Å². The summed E-state index contributed by atoms with van der Waals surface area (Å²) in [5, 5.41) is 8.83. The van der Waals surface area contributed by atoms with E-state index in [0.29, 0.717) is 0 Å². The second-order valence-corrected chi connectivity index (χ2v) is 2.35. The van der Waals surface area contributed by atoms with Gasteiger partial charge in [0.25, 0.3) is 0 Å². The number of ether oxygens (including phenoxy) is 2. The van der Waals surface area contributed by atoms with E-state index >= 15 is 0 Å². The van der Waals surface area contributed by atoms with Gasteiger partial charge in [-0.3, -0.25) is 0 Å². The predicted octanol–water partition coefficient (Wildman–Crippen LogP) is 1.34. The van der Waals surface area contributed by atoms with Gasteiger partial charge in [0.1, 0.15) is 24.5 Å². The van der Waals surface area contributed by atoms with Gasteiger partial charge < -0.3 is 9.47 Å². The molecule has 0 saturated carbocycles. The summed E-state index contributed by atoms with van der Waals surface area (Å²) in [5.41, 5.74) is 0.103. The lowest BCUT2D eigenvalue weighted by molar-refractivity contribution is 0.262. The fourth-order valence-electron chi connectivity index (χ4n) is 0.817. The summed E-state index contributed by atoms with van der Waals surface area (Å²) in [5.74, 6) is -0.0528. The van der Waals surface area contributed by atoms with Crippen LogP contribution in [0.3, 0.4) is 0 Å². The monoisotopic (exact) mass is 180 g/mol. The van der Waals surface area contributed by atoms with E-state index in [4.69, 9.17) is 16.9 Å². The highest BCUT2D eigenvalue weighted by molar-refractivity contribution is 5.42. The Morgan fingerprint density at radius 2 is 2.62 bits per heavy atom. The van der Waals surface area contributed by atoms with Crippen molar-refractivity contribution in [3.05, 3.63) is 29.8 Å². The molecule has 66 valence electrons. The van der Waals surface area contributed by atoms with E-state index in [0.717, 1.165) is 0 Å². The molecular weight excluding hydrogens is 166 g/mol. The zero-order chi connectivity index (χ0) is 13.6. The van der Waals surface area contributed by atoms with Crippen LogP contribution in [0.15, 0.2) is 24.3 Å². The van der Waals surface area contributed by atoms with Gasteiger partial charge >= 0.3 is 0 Å². The average Bonchev–Trinajstić information content (AvgIpc) is 2.80. The number of para-hydroxylation sites is 1. The van der Waals surface area contributed by atoms with E-state index in [1.807, 2.05) is 6.07 Å². The summed E-state index contributed by atoms with van der Waals surface area (Å²) in [6.07, 6.45) is -2.43. The minimum Gasteiger partial charge on any atom is -0.489 e. The van der Waals surface area contributed by atoms with Crippen LogP contribution < -0.4 is 4.74 Å². The lowest BCUT2D eigenvalue weighted by Gasteiger charge is -2.04. The number of benzene rings is 1. The van der Waals surface area contributed by atoms with Crippen LogP contribution in [0.2, 0.25) is 0 Å². The second-order valence-electron chi connectivity index (χ2n) is 2.35. The van der Waals surface area contributed by atoms with Crippen LogP contribution in [0.5, 0.6) is 5.75 Å². The van der Waals surface area contributed by atoms with Gasteiger partial charge in [-0.05, 0) is 12.1 Å². The van der Waals surface area contributed by atoms with Crippen molar-refractivity contribution < 1.29 is 16.3 Å². The smallest absolute Gasteiger partial charge is 0.137 e. The summed E-state index contributed by atoms with van der Waals surface area (Å²) in [7, 11) is 0. The summed E-state index contributed by atoms with van der Waals surface area (Å²) < 4.78 is 46.5. The molecule has 1 unspecified atom stereocenters. The molecule has 1 fully saturated rings. The fourth-order valence-corrected chi connectivity index (χ4v) is 0.817. The van der Waals surface area contributed by atoms with Gasteiger partial charge in [0, 0.05) is 0 Å². The SMILES string of the molecule is [2H]C([2H])(Oc1ccccc1C#N)C1([2H])OC1([2H])[2H]. The second kappa shape index (κ2) is 3.46. The van der Waals surface area contributed by atoms with Crippen molar-refractivity contribution in [2.45, 2.75) is 6.08 Å². The van der Waals surface area contributed by atoms with Crippen LogP contribution in [0, 0.1) is 11.3 Å². The molecule has 1 aromatic rings. The van der Waals surface area contributed by atoms with Crippen LogP contribution >= 0.6 is 0 Å². The number of hydrogen-bond acceptors (Lipinski definition) is 3. The molecule has 0 aromatic heterocycles.